The maximum atomic E-state index is 11.7. The monoisotopic (exact) mass is 676 g/mol. The van der Waals surface area contributed by atoms with Crippen LogP contribution < -0.4 is 10.1 Å². The molecule has 1 saturated heterocycles. The molecule has 9 nitrogen and oxygen atoms in total. The number of morpholine rings is 1. The average molecular weight is 678 g/mol. The third-order valence-corrected chi connectivity index (χ3v) is 8.79. The van der Waals surface area contributed by atoms with Crippen molar-refractivity contribution >= 4 is 35.0 Å². The molecule has 0 unspecified atom stereocenters. The number of benzene rings is 3. The Labute approximate surface area is 282 Å². The van der Waals surface area contributed by atoms with Crippen molar-refractivity contribution in [2.24, 2.45) is 0 Å². The number of hydrogen-bond donors (Lipinski definition) is 2. The van der Waals surface area contributed by atoms with E-state index >= 15 is 0 Å². The molecule has 238 valence electrons. The van der Waals surface area contributed by atoms with E-state index in [1.165, 1.54) is 11.8 Å². The van der Waals surface area contributed by atoms with Crippen molar-refractivity contribution in [2.75, 3.05) is 45.6 Å². The number of imidazole rings is 1. The van der Waals surface area contributed by atoms with Gasteiger partial charge in [0.1, 0.15) is 23.7 Å². The smallest absolute Gasteiger partial charge is 0.187 e. The highest BCUT2D eigenvalue weighted by Crippen LogP contribution is 2.41. The Hall–Kier alpha value is -3.64. The first kappa shape index (κ1) is 32.3. The summed E-state index contributed by atoms with van der Waals surface area (Å²) in [5, 5.41) is 16.5. The van der Waals surface area contributed by atoms with E-state index in [1.54, 1.807) is 12.3 Å². The van der Waals surface area contributed by atoms with E-state index in [2.05, 4.69) is 20.2 Å². The second-order valence-electron chi connectivity index (χ2n) is 10.7. The van der Waals surface area contributed by atoms with Gasteiger partial charge >= 0.3 is 0 Å². The molecule has 6 rings (SSSR count). The van der Waals surface area contributed by atoms with Gasteiger partial charge in [-0.2, -0.15) is 4.73 Å². The van der Waals surface area contributed by atoms with Gasteiger partial charge in [-0.3, -0.25) is 4.90 Å². The molecule has 0 atom stereocenters. The van der Waals surface area contributed by atoms with Crippen molar-refractivity contribution in [3.05, 3.63) is 100 Å². The molecule has 0 spiro atoms. The molecule has 1 aliphatic heterocycles. The van der Waals surface area contributed by atoms with Gasteiger partial charge in [-0.05, 0) is 47.7 Å². The molecule has 0 bridgehead atoms. The van der Waals surface area contributed by atoms with Gasteiger partial charge in [0.2, 0.25) is 0 Å². The molecule has 46 heavy (non-hydrogen) atoms. The molecule has 0 amide bonds. The lowest BCUT2D eigenvalue weighted by atomic mass is 10.1. The number of aromatic nitrogens is 4. The summed E-state index contributed by atoms with van der Waals surface area (Å²) in [6.45, 7) is 6.23. The van der Waals surface area contributed by atoms with Crippen molar-refractivity contribution < 1.29 is 14.7 Å². The van der Waals surface area contributed by atoms with Crippen LogP contribution in [-0.4, -0.2) is 75.4 Å². The minimum atomic E-state index is 0.201. The number of nitrogens with one attached hydrogen (secondary N) is 1. The van der Waals surface area contributed by atoms with Crippen LogP contribution in [0.1, 0.15) is 11.1 Å². The Bertz CT molecular complexity index is 1760. The summed E-state index contributed by atoms with van der Waals surface area (Å²) in [5.41, 5.74) is 4.51. The quantitative estimate of drug-likeness (QED) is 0.0630. The molecular formula is C34H34Cl2N6O3S. The fourth-order valence-corrected chi connectivity index (χ4v) is 6.35. The zero-order valence-electron chi connectivity index (χ0n) is 25.3. The fourth-order valence-electron chi connectivity index (χ4n) is 5.29. The standard InChI is InChI=1S/C34H34Cl2N6O3S/c1-46-34-38-11-10-29(39-34)31-32(25-8-5-9-26(20-25)45-22-23-6-3-2-4-7-23)42(43)33(40-31)30-27(35)18-24(19-28(30)36)21-37-12-13-41-14-16-44-17-15-41/h2-11,18-20,37,43H,12-17,21-22H2,1H3. The van der Waals surface area contributed by atoms with Crippen LogP contribution >= 0.6 is 35.0 Å². The first-order valence-electron chi connectivity index (χ1n) is 15.0. The highest BCUT2D eigenvalue weighted by Gasteiger charge is 2.26. The first-order valence-corrected chi connectivity index (χ1v) is 16.9. The normalized spacial score (nSPS) is 13.6. The number of nitrogens with zero attached hydrogens (tertiary/aromatic N) is 5. The summed E-state index contributed by atoms with van der Waals surface area (Å²) in [4.78, 5) is 16.2. The zero-order valence-corrected chi connectivity index (χ0v) is 27.7. The van der Waals surface area contributed by atoms with E-state index in [0.29, 0.717) is 62.3 Å². The zero-order chi connectivity index (χ0) is 31.9. The van der Waals surface area contributed by atoms with Crippen LogP contribution in [0, 0.1) is 0 Å². The molecule has 3 aromatic carbocycles. The molecule has 12 heteroatoms. The van der Waals surface area contributed by atoms with Gasteiger partial charge in [-0.15, -0.1) is 0 Å². The topological polar surface area (TPSA) is 97.6 Å². The Morgan fingerprint density at radius 3 is 2.50 bits per heavy atom. The van der Waals surface area contributed by atoms with Gasteiger partial charge in [0.25, 0.3) is 0 Å². The summed E-state index contributed by atoms with van der Waals surface area (Å²) in [5.74, 6) is 0.843. The van der Waals surface area contributed by atoms with E-state index in [4.69, 9.17) is 37.7 Å². The van der Waals surface area contributed by atoms with Crippen molar-refractivity contribution in [1.82, 2.24) is 29.9 Å². The average Bonchev–Trinajstić information content (AvgIpc) is 3.43. The van der Waals surface area contributed by atoms with Crippen LogP contribution in [0.3, 0.4) is 0 Å². The van der Waals surface area contributed by atoms with Crippen molar-refractivity contribution in [3.8, 4) is 39.8 Å². The number of thioether (sulfide) groups is 1. The summed E-state index contributed by atoms with van der Waals surface area (Å²) in [7, 11) is 0. The van der Waals surface area contributed by atoms with E-state index < -0.39 is 0 Å². The van der Waals surface area contributed by atoms with Gasteiger partial charge in [-0.1, -0.05) is 77.4 Å². The maximum Gasteiger partial charge on any atom is 0.187 e. The molecule has 1 aliphatic rings. The lowest BCUT2D eigenvalue weighted by Crippen LogP contribution is -2.40. The van der Waals surface area contributed by atoms with Crippen LogP contribution in [0.2, 0.25) is 10.0 Å². The largest absolute Gasteiger partial charge is 0.489 e. The number of halogens is 2. The van der Waals surface area contributed by atoms with E-state index in [-0.39, 0.29) is 5.82 Å². The van der Waals surface area contributed by atoms with Crippen LogP contribution in [0.25, 0.3) is 34.0 Å². The number of ether oxygens (including phenoxy) is 2. The summed E-state index contributed by atoms with van der Waals surface area (Å²) in [6.07, 6.45) is 3.58. The molecule has 2 N–H and O–H groups in total. The van der Waals surface area contributed by atoms with Crippen molar-refractivity contribution in [2.45, 2.75) is 18.3 Å². The van der Waals surface area contributed by atoms with Crippen LogP contribution in [0.4, 0.5) is 0 Å². The molecular weight excluding hydrogens is 643 g/mol. The molecule has 0 saturated carbocycles. The van der Waals surface area contributed by atoms with E-state index in [0.717, 1.165) is 55.3 Å². The van der Waals surface area contributed by atoms with Crippen LogP contribution in [0.5, 0.6) is 5.75 Å². The molecule has 1 fully saturated rings. The molecule has 2 aromatic heterocycles. The Morgan fingerprint density at radius 2 is 1.74 bits per heavy atom. The molecule has 0 radical (unpaired) electrons. The lowest BCUT2D eigenvalue weighted by Gasteiger charge is -2.26. The number of hydrogen-bond acceptors (Lipinski definition) is 9. The third kappa shape index (κ3) is 7.66. The predicted octanol–water partition coefficient (Wildman–Crippen LogP) is 6.94. The van der Waals surface area contributed by atoms with Crippen LogP contribution in [-0.2, 0) is 17.9 Å². The minimum Gasteiger partial charge on any atom is -0.489 e. The predicted molar refractivity (Wildman–Crippen MR) is 183 cm³/mol. The third-order valence-electron chi connectivity index (χ3n) is 7.63. The van der Waals surface area contributed by atoms with Gasteiger partial charge in [0.15, 0.2) is 11.0 Å². The summed E-state index contributed by atoms with van der Waals surface area (Å²) >= 11 is 15.1. The van der Waals surface area contributed by atoms with Gasteiger partial charge in [-0.25, -0.2) is 15.0 Å². The second kappa shape index (κ2) is 15.3. The summed E-state index contributed by atoms with van der Waals surface area (Å²) < 4.78 is 12.6. The Balaban J connectivity index is 1.31. The van der Waals surface area contributed by atoms with Crippen molar-refractivity contribution in [1.29, 1.82) is 0 Å². The summed E-state index contributed by atoms with van der Waals surface area (Å²) in [6, 6.07) is 22.9. The molecule has 5 aromatic rings. The maximum absolute atomic E-state index is 11.7. The second-order valence-corrected chi connectivity index (χ2v) is 12.3. The molecule has 0 aliphatic carbocycles. The highest BCUT2D eigenvalue weighted by molar-refractivity contribution is 7.98. The SMILES string of the molecule is CSc1nccc(-c2nc(-c3c(Cl)cc(CNCCN4CCOCC4)cc3Cl)n(O)c2-c2cccc(OCc3ccccc3)c2)n1. The van der Waals surface area contributed by atoms with E-state index in [9.17, 15) is 5.21 Å². The van der Waals surface area contributed by atoms with Crippen LogP contribution in [0.15, 0.2) is 84.1 Å². The van der Waals surface area contributed by atoms with E-state index in [1.807, 2.05) is 73.0 Å². The molecule has 3 heterocycles. The number of rotatable bonds is 12. The van der Waals surface area contributed by atoms with Crippen molar-refractivity contribution in [3.63, 3.8) is 0 Å². The first-order chi connectivity index (χ1) is 22.5. The minimum absolute atomic E-state index is 0.201. The van der Waals surface area contributed by atoms with Gasteiger partial charge < -0.3 is 20.0 Å². The highest BCUT2D eigenvalue weighted by atomic mass is 35.5. The fraction of sp³-hybridized carbons (Fsp3) is 0.265. The van der Waals surface area contributed by atoms with Gasteiger partial charge in [0, 0.05) is 44.5 Å². The van der Waals surface area contributed by atoms with Gasteiger partial charge in [0.05, 0.1) is 34.5 Å². The Morgan fingerprint density at radius 1 is 0.957 bits per heavy atom. The lowest BCUT2D eigenvalue weighted by molar-refractivity contribution is 0.0384. The Kier molecular flexibility index (Phi) is 10.7.